The van der Waals surface area contributed by atoms with Crippen LogP contribution in [-0.4, -0.2) is 52.3 Å². The molecule has 0 saturated heterocycles. The summed E-state index contributed by atoms with van der Waals surface area (Å²) in [5.41, 5.74) is 7.19. The summed E-state index contributed by atoms with van der Waals surface area (Å²) in [6.07, 6.45) is 32.7. The van der Waals surface area contributed by atoms with Crippen molar-refractivity contribution in [2.24, 2.45) is 0 Å². The molecule has 414 valence electrons. The van der Waals surface area contributed by atoms with Gasteiger partial charge >= 0.3 is 5.97 Å². The Morgan fingerprint density at radius 2 is 0.734 bits per heavy atom. The van der Waals surface area contributed by atoms with Gasteiger partial charge in [0.05, 0.1) is 43.6 Å². The highest BCUT2D eigenvalue weighted by atomic mass is 16.5. The number of carbonyl (C=O) groups excluding carboxylic acids is 1. The number of nitriles is 1. The van der Waals surface area contributed by atoms with Gasteiger partial charge in [-0.1, -0.05) is 102 Å². The highest BCUT2D eigenvalue weighted by Crippen LogP contribution is 2.28. The van der Waals surface area contributed by atoms with Gasteiger partial charge in [0.15, 0.2) is 11.6 Å². The molecule has 0 radical (unpaired) electrons. The largest absolute Gasteiger partial charge is 0.494 e. The molecule has 0 fully saturated rings. The van der Waals surface area contributed by atoms with Crippen LogP contribution >= 0.6 is 0 Å². The molecule has 11 heteroatoms. The Labute approximate surface area is 470 Å². The number of hydrogen-bond donors (Lipinski definition) is 0. The van der Waals surface area contributed by atoms with E-state index >= 15 is 0 Å². The number of aryl methyl sites for hydroxylation is 2. The molecule has 0 bridgehead atoms. The van der Waals surface area contributed by atoms with Crippen molar-refractivity contribution in [3.8, 4) is 68.7 Å². The van der Waals surface area contributed by atoms with Crippen LogP contribution in [0.4, 0.5) is 0 Å². The summed E-state index contributed by atoms with van der Waals surface area (Å²) in [5, 5.41) is 9.18. The highest BCUT2D eigenvalue weighted by molar-refractivity contribution is 5.92. The van der Waals surface area contributed by atoms with Crippen LogP contribution in [0, 0.1) is 11.3 Å². The van der Waals surface area contributed by atoms with E-state index in [0.717, 1.165) is 110 Å². The van der Waals surface area contributed by atoms with Crippen LogP contribution in [0.25, 0.3) is 33.9 Å². The van der Waals surface area contributed by atoms with Gasteiger partial charge in [0.1, 0.15) is 28.7 Å². The minimum atomic E-state index is -0.507. The molecule has 0 aliphatic carbocycles. The van der Waals surface area contributed by atoms with Gasteiger partial charge in [-0.25, -0.2) is 24.7 Å². The van der Waals surface area contributed by atoms with Crippen molar-refractivity contribution >= 4 is 5.97 Å². The van der Waals surface area contributed by atoms with Gasteiger partial charge in [-0.15, -0.1) is 0 Å². The first-order chi connectivity index (χ1) is 39.0. The second-order valence-electron chi connectivity index (χ2n) is 20.4. The fraction of sp³-hybridized carbons (Fsp3) is 0.412. The monoisotopic (exact) mass is 1060 g/mol. The van der Waals surface area contributed by atoms with E-state index in [0.29, 0.717) is 54.8 Å². The highest BCUT2D eigenvalue weighted by Gasteiger charge is 2.15. The van der Waals surface area contributed by atoms with Gasteiger partial charge in [0.2, 0.25) is 0 Å². The third-order valence-corrected chi connectivity index (χ3v) is 14.0. The third-order valence-electron chi connectivity index (χ3n) is 14.0. The van der Waals surface area contributed by atoms with Crippen molar-refractivity contribution in [1.82, 2.24) is 19.9 Å². The molecule has 0 aliphatic heterocycles. The number of hydrogen-bond acceptors (Lipinski definition) is 11. The SMILES string of the molecule is CCCCCCCCc1cnc(-c2ccc(OCCCCCCOc3cc(OCCCCCCOc4ccc(-c5ncc(CCCCCCCC)cn5)cc4)cc(C(=O)Oc4ccc(-c5ccc(C#N)cc5)cc4)c3)cc2)nc1. The molecule has 0 aliphatic rings. The van der Waals surface area contributed by atoms with Gasteiger partial charge in [-0.05, 0) is 184 Å². The van der Waals surface area contributed by atoms with E-state index in [1.165, 1.54) is 88.2 Å². The van der Waals surface area contributed by atoms with Crippen molar-refractivity contribution in [1.29, 1.82) is 5.26 Å². The summed E-state index contributed by atoms with van der Waals surface area (Å²) >= 11 is 0. The number of ether oxygens (including phenoxy) is 5. The van der Waals surface area contributed by atoms with Crippen LogP contribution in [0.1, 0.15) is 169 Å². The summed E-state index contributed by atoms with van der Waals surface area (Å²) in [5.74, 6) is 4.14. The summed E-state index contributed by atoms with van der Waals surface area (Å²) < 4.78 is 30.4. The molecule has 0 saturated carbocycles. The second-order valence-corrected chi connectivity index (χ2v) is 20.4. The predicted molar refractivity (Wildman–Crippen MR) is 316 cm³/mol. The van der Waals surface area contributed by atoms with E-state index < -0.39 is 5.97 Å². The molecule has 2 aromatic heterocycles. The zero-order chi connectivity index (χ0) is 55.0. The van der Waals surface area contributed by atoms with Gasteiger partial charge in [0, 0.05) is 42.0 Å². The molecule has 5 aromatic carbocycles. The van der Waals surface area contributed by atoms with Gasteiger partial charge < -0.3 is 23.7 Å². The number of aromatic nitrogens is 4. The lowest BCUT2D eigenvalue weighted by Crippen LogP contribution is -2.10. The number of esters is 1. The van der Waals surface area contributed by atoms with Gasteiger partial charge in [-0.3, -0.25) is 0 Å². The van der Waals surface area contributed by atoms with Crippen LogP contribution < -0.4 is 23.7 Å². The quantitative estimate of drug-likeness (QED) is 0.0209. The molecule has 79 heavy (non-hydrogen) atoms. The van der Waals surface area contributed by atoms with Crippen LogP contribution in [0.5, 0.6) is 28.7 Å². The first-order valence-electron chi connectivity index (χ1n) is 29.3. The normalized spacial score (nSPS) is 11.0. The predicted octanol–water partition coefficient (Wildman–Crippen LogP) is 17.2. The summed E-state index contributed by atoms with van der Waals surface area (Å²) in [4.78, 5) is 32.1. The first-order valence-corrected chi connectivity index (χ1v) is 29.3. The van der Waals surface area contributed by atoms with E-state index in [9.17, 15) is 10.1 Å². The molecule has 0 N–H and O–H groups in total. The lowest BCUT2D eigenvalue weighted by Gasteiger charge is -2.13. The van der Waals surface area contributed by atoms with Gasteiger partial charge in [-0.2, -0.15) is 5.26 Å². The van der Waals surface area contributed by atoms with Crippen molar-refractivity contribution in [3.63, 3.8) is 0 Å². The Kier molecular flexibility index (Phi) is 25.7. The summed E-state index contributed by atoms with van der Waals surface area (Å²) in [6.45, 7) is 6.74. The fourth-order valence-electron chi connectivity index (χ4n) is 9.24. The smallest absolute Gasteiger partial charge is 0.343 e. The molecule has 11 nitrogen and oxygen atoms in total. The minimum Gasteiger partial charge on any atom is -0.494 e. The lowest BCUT2D eigenvalue weighted by molar-refractivity contribution is 0.0733. The van der Waals surface area contributed by atoms with Crippen molar-refractivity contribution in [2.45, 2.75) is 155 Å². The summed E-state index contributed by atoms with van der Waals surface area (Å²) in [6, 6.07) is 38.1. The van der Waals surface area contributed by atoms with E-state index in [2.05, 4.69) is 39.9 Å². The Balaban J connectivity index is 0.815. The number of carbonyl (C=O) groups is 1. The molecule has 7 rings (SSSR count). The molecular weight excluding hydrogens is 983 g/mol. The van der Waals surface area contributed by atoms with Crippen LogP contribution in [0.3, 0.4) is 0 Å². The number of nitrogens with zero attached hydrogens (tertiary/aromatic N) is 5. The fourth-order valence-corrected chi connectivity index (χ4v) is 9.24. The maximum absolute atomic E-state index is 13.6. The Hall–Kier alpha value is -7.58. The molecule has 7 aromatic rings. The molecule has 0 spiro atoms. The molecule has 0 unspecified atom stereocenters. The maximum atomic E-state index is 13.6. The van der Waals surface area contributed by atoms with E-state index in [1.54, 1.807) is 36.4 Å². The third kappa shape index (κ3) is 21.3. The lowest BCUT2D eigenvalue weighted by atomic mass is 10.0. The Morgan fingerprint density at radius 3 is 1.14 bits per heavy atom. The van der Waals surface area contributed by atoms with Crippen LogP contribution in [-0.2, 0) is 12.8 Å². The van der Waals surface area contributed by atoms with Crippen molar-refractivity contribution in [3.05, 3.63) is 162 Å². The molecule has 0 amide bonds. The second kappa shape index (κ2) is 34.3. The number of rotatable bonds is 37. The zero-order valence-corrected chi connectivity index (χ0v) is 46.8. The summed E-state index contributed by atoms with van der Waals surface area (Å²) in [7, 11) is 0. The molecule has 2 heterocycles. The first kappa shape index (κ1) is 59.1. The van der Waals surface area contributed by atoms with E-state index in [4.69, 9.17) is 23.7 Å². The minimum absolute atomic E-state index is 0.340. The zero-order valence-electron chi connectivity index (χ0n) is 46.8. The van der Waals surface area contributed by atoms with E-state index in [-0.39, 0.29) is 0 Å². The molecular formula is C68H81N5O6. The standard InChI is InChI=1S/C68H81N5O6/c1-3-5-7-9-11-17-23-54-49-70-66(71-50-54)58-31-35-61(36-32-58)75-41-19-13-15-21-43-77-64-45-60(68(74)79-63-39-29-57(30-40-63)56-27-25-53(48-69)26-28-56)46-65(47-64)78-44-22-16-14-20-42-76-62-37-33-59(34-38-62)67-72-51-55(52-73-67)24-18-12-10-8-6-4-2/h25-40,45-47,49-52H,3-24,41-44H2,1-2H3. The van der Waals surface area contributed by atoms with Gasteiger partial charge in [0.25, 0.3) is 0 Å². The van der Waals surface area contributed by atoms with Crippen molar-refractivity contribution in [2.75, 3.05) is 26.4 Å². The number of benzene rings is 5. The Morgan fingerprint density at radius 1 is 0.392 bits per heavy atom. The Bertz CT molecular complexity index is 2710. The average molecular weight is 1060 g/mol. The topological polar surface area (TPSA) is 139 Å². The van der Waals surface area contributed by atoms with Crippen molar-refractivity contribution < 1.29 is 28.5 Å². The molecule has 0 atom stereocenters. The average Bonchev–Trinajstić information content (AvgIpc) is 3.50. The maximum Gasteiger partial charge on any atom is 0.343 e. The number of unbranched alkanes of at least 4 members (excludes halogenated alkanes) is 16. The van der Waals surface area contributed by atoms with E-state index in [1.807, 2.05) is 104 Å². The van der Waals surface area contributed by atoms with Crippen LogP contribution in [0.2, 0.25) is 0 Å². The van der Waals surface area contributed by atoms with Crippen LogP contribution in [0.15, 0.2) is 140 Å².